The van der Waals surface area contributed by atoms with Gasteiger partial charge in [-0.2, -0.15) is 9.78 Å². The van der Waals surface area contributed by atoms with Gasteiger partial charge < -0.3 is 4.74 Å². The second-order valence-corrected chi connectivity index (χ2v) is 7.79. The second kappa shape index (κ2) is 8.56. The van der Waals surface area contributed by atoms with Gasteiger partial charge >= 0.3 is 0 Å². The van der Waals surface area contributed by atoms with Crippen LogP contribution in [0.5, 0.6) is 5.75 Å². The maximum atomic E-state index is 13.3. The summed E-state index contributed by atoms with van der Waals surface area (Å²) < 4.78 is 6.93. The van der Waals surface area contributed by atoms with E-state index in [1.54, 1.807) is 19.4 Å². The van der Waals surface area contributed by atoms with Gasteiger partial charge in [-0.25, -0.2) is 4.98 Å². The van der Waals surface area contributed by atoms with Gasteiger partial charge in [-0.05, 0) is 53.8 Å². The number of nitrogens with zero attached hydrogens (tertiary/aromatic N) is 3. The van der Waals surface area contributed by atoms with Crippen LogP contribution in [0.1, 0.15) is 36.5 Å². The van der Waals surface area contributed by atoms with Crippen molar-refractivity contribution in [1.29, 1.82) is 0 Å². The van der Waals surface area contributed by atoms with Crippen molar-refractivity contribution in [2.24, 2.45) is 5.10 Å². The number of aryl methyl sites for hydroxylation is 1. The van der Waals surface area contributed by atoms with Crippen LogP contribution < -0.4 is 10.3 Å². The van der Waals surface area contributed by atoms with Gasteiger partial charge in [0.1, 0.15) is 5.75 Å². The van der Waals surface area contributed by atoms with E-state index in [2.05, 4.69) is 25.0 Å². The Morgan fingerprint density at radius 3 is 2.45 bits per heavy atom. The summed E-state index contributed by atoms with van der Waals surface area (Å²) in [6.45, 7) is 6.26. The van der Waals surface area contributed by atoms with Crippen LogP contribution in [0.15, 0.2) is 76.6 Å². The van der Waals surface area contributed by atoms with E-state index in [0.29, 0.717) is 22.6 Å². The van der Waals surface area contributed by atoms with Gasteiger partial charge in [-0.3, -0.25) is 4.79 Å². The van der Waals surface area contributed by atoms with Crippen molar-refractivity contribution in [2.75, 3.05) is 7.11 Å². The van der Waals surface area contributed by atoms with E-state index >= 15 is 0 Å². The summed E-state index contributed by atoms with van der Waals surface area (Å²) in [5.74, 6) is 1.67. The van der Waals surface area contributed by atoms with Gasteiger partial charge in [0.2, 0.25) is 0 Å². The molecule has 0 aliphatic carbocycles. The normalized spacial score (nSPS) is 11.5. The highest BCUT2D eigenvalue weighted by atomic mass is 16.5. The molecule has 4 rings (SSSR count). The van der Waals surface area contributed by atoms with E-state index in [0.717, 1.165) is 28.0 Å². The zero-order chi connectivity index (χ0) is 22.0. The number of rotatable bonds is 5. The number of hydrogen-bond donors (Lipinski definition) is 0. The molecular formula is C26H25N3O2. The van der Waals surface area contributed by atoms with Gasteiger partial charge in [-0.15, -0.1) is 0 Å². The molecule has 0 N–H and O–H groups in total. The van der Waals surface area contributed by atoms with Gasteiger partial charge in [0.05, 0.1) is 24.2 Å². The average molecular weight is 412 g/mol. The molecule has 1 aromatic heterocycles. The van der Waals surface area contributed by atoms with Crippen LogP contribution in [0, 0.1) is 6.92 Å². The molecule has 0 fully saturated rings. The molecule has 0 unspecified atom stereocenters. The van der Waals surface area contributed by atoms with Gasteiger partial charge in [0.25, 0.3) is 5.56 Å². The van der Waals surface area contributed by atoms with E-state index in [1.807, 2.05) is 61.5 Å². The van der Waals surface area contributed by atoms with Gasteiger partial charge in [0.15, 0.2) is 5.82 Å². The molecule has 5 nitrogen and oxygen atoms in total. The molecule has 1 heterocycles. The zero-order valence-electron chi connectivity index (χ0n) is 18.2. The van der Waals surface area contributed by atoms with E-state index in [4.69, 9.17) is 9.72 Å². The van der Waals surface area contributed by atoms with Crippen molar-refractivity contribution in [2.45, 2.75) is 26.7 Å². The first-order valence-corrected chi connectivity index (χ1v) is 10.3. The standard InChI is InChI=1S/C26H25N3O2/c1-17(2)22-15-20(18(3)14-24(22)31-4)16-27-29-25(19-10-6-5-7-11-19)28-23-13-9-8-12-21(23)26(29)30/h5-17H,1-4H3. The number of hydrogen-bond acceptors (Lipinski definition) is 4. The molecule has 0 radical (unpaired) electrons. The summed E-state index contributed by atoms with van der Waals surface area (Å²) in [6.07, 6.45) is 1.73. The molecule has 0 aliphatic heterocycles. The quantitative estimate of drug-likeness (QED) is 0.414. The molecule has 0 spiro atoms. The van der Waals surface area contributed by atoms with Crippen molar-refractivity contribution < 1.29 is 4.74 Å². The molecule has 156 valence electrons. The van der Waals surface area contributed by atoms with Crippen molar-refractivity contribution in [1.82, 2.24) is 9.66 Å². The fourth-order valence-corrected chi connectivity index (χ4v) is 3.61. The maximum absolute atomic E-state index is 13.3. The summed E-state index contributed by atoms with van der Waals surface area (Å²) in [7, 11) is 1.68. The Balaban J connectivity index is 1.91. The fraction of sp³-hybridized carbons (Fsp3) is 0.192. The van der Waals surface area contributed by atoms with Crippen LogP contribution in [0.25, 0.3) is 22.3 Å². The number of ether oxygens (including phenoxy) is 1. The summed E-state index contributed by atoms with van der Waals surface area (Å²) in [5, 5.41) is 5.13. The van der Waals surface area contributed by atoms with Crippen LogP contribution in [0.3, 0.4) is 0 Å². The Kier molecular flexibility index (Phi) is 5.67. The van der Waals surface area contributed by atoms with Crippen molar-refractivity contribution in [3.63, 3.8) is 0 Å². The minimum Gasteiger partial charge on any atom is -0.496 e. The molecule has 3 aromatic carbocycles. The van der Waals surface area contributed by atoms with Crippen molar-refractivity contribution >= 4 is 17.1 Å². The predicted molar refractivity (Wildman–Crippen MR) is 126 cm³/mol. The smallest absolute Gasteiger partial charge is 0.282 e. The van der Waals surface area contributed by atoms with Crippen LogP contribution in [0.4, 0.5) is 0 Å². The maximum Gasteiger partial charge on any atom is 0.282 e. The molecule has 0 bridgehead atoms. The number of fused-ring (bicyclic) bond motifs is 1. The number of benzene rings is 3. The highest BCUT2D eigenvalue weighted by Crippen LogP contribution is 2.29. The SMILES string of the molecule is COc1cc(C)c(C=Nn2c(-c3ccccc3)nc3ccccc3c2=O)cc1C(C)C. The number of aromatic nitrogens is 2. The first-order chi connectivity index (χ1) is 15.0. The molecule has 0 amide bonds. The number of para-hydroxylation sites is 1. The van der Waals surface area contributed by atoms with Crippen LogP contribution in [-0.4, -0.2) is 23.0 Å². The molecule has 0 saturated heterocycles. The lowest BCUT2D eigenvalue weighted by molar-refractivity contribution is 0.407. The second-order valence-electron chi connectivity index (χ2n) is 7.79. The summed E-state index contributed by atoms with van der Waals surface area (Å²) in [5.41, 5.74) is 4.34. The van der Waals surface area contributed by atoms with E-state index in [9.17, 15) is 4.79 Å². The van der Waals surface area contributed by atoms with Crippen molar-refractivity contribution in [3.05, 3.63) is 93.8 Å². The zero-order valence-corrected chi connectivity index (χ0v) is 18.2. The third-order valence-corrected chi connectivity index (χ3v) is 5.34. The topological polar surface area (TPSA) is 56.5 Å². The molecule has 0 saturated carbocycles. The summed E-state index contributed by atoms with van der Waals surface area (Å²) in [6, 6.07) is 21.1. The minimum absolute atomic E-state index is 0.198. The first-order valence-electron chi connectivity index (χ1n) is 10.3. The van der Waals surface area contributed by atoms with E-state index in [-0.39, 0.29) is 5.56 Å². The van der Waals surface area contributed by atoms with Crippen molar-refractivity contribution in [3.8, 4) is 17.1 Å². The third kappa shape index (κ3) is 3.99. The van der Waals surface area contributed by atoms with E-state index < -0.39 is 0 Å². The Labute approximate surface area is 181 Å². The molecule has 0 aliphatic rings. The van der Waals surface area contributed by atoms with Gasteiger partial charge in [-0.1, -0.05) is 56.3 Å². The molecule has 31 heavy (non-hydrogen) atoms. The fourth-order valence-electron chi connectivity index (χ4n) is 3.61. The Bertz CT molecular complexity index is 1320. The van der Waals surface area contributed by atoms with Gasteiger partial charge in [0, 0.05) is 5.56 Å². The highest BCUT2D eigenvalue weighted by Gasteiger charge is 2.13. The lowest BCUT2D eigenvalue weighted by Gasteiger charge is -2.14. The Hall–Kier alpha value is -3.73. The number of methoxy groups -OCH3 is 1. The van der Waals surface area contributed by atoms with Crippen LogP contribution in [0.2, 0.25) is 0 Å². The first kappa shape index (κ1) is 20.5. The van der Waals surface area contributed by atoms with E-state index in [1.165, 1.54) is 4.68 Å². The Morgan fingerprint density at radius 1 is 1.03 bits per heavy atom. The van der Waals surface area contributed by atoms with Crippen LogP contribution in [-0.2, 0) is 0 Å². The minimum atomic E-state index is -0.198. The molecule has 5 heteroatoms. The average Bonchev–Trinajstić information content (AvgIpc) is 2.79. The lowest BCUT2D eigenvalue weighted by Crippen LogP contribution is -2.20. The van der Waals surface area contributed by atoms with Crippen LogP contribution >= 0.6 is 0 Å². The molecule has 0 atom stereocenters. The Morgan fingerprint density at radius 2 is 1.74 bits per heavy atom. The molecular weight excluding hydrogens is 386 g/mol. The lowest BCUT2D eigenvalue weighted by atomic mass is 9.97. The summed E-state index contributed by atoms with van der Waals surface area (Å²) >= 11 is 0. The third-order valence-electron chi connectivity index (χ3n) is 5.34. The highest BCUT2D eigenvalue weighted by molar-refractivity contribution is 5.84. The monoisotopic (exact) mass is 411 g/mol. The predicted octanol–water partition coefficient (Wildman–Crippen LogP) is 5.39. The molecule has 4 aromatic rings. The largest absolute Gasteiger partial charge is 0.496 e. The summed E-state index contributed by atoms with van der Waals surface area (Å²) in [4.78, 5) is 18.0.